The maximum absolute atomic E-state index is 10.5. The van der Waals surface area contributed by atoms with Crippen LogP contribution in [-0.4, -0.2) is 29.1 Å². The van der Waals surface area contributed by atoms with Crippen molar-refractivity contribution in [3.63, 3.8) is 0 Å². The average molecular weight is 175 g/mol. The lowest BCUT2D eigenvalue weighted by Crippen LogP contribution is -2.46. The first kappa shape index (κ1) is 10.2. The van der Waals surface area contributed by atoms with Crippen molar-refractivity contribution >= 4 is 17.9 Å². The van der Waals surface area contributed by atoms with Crippen LogP contribution in [0, 0.1) is 0 Å². The molecule has 0 aromatic carbocycles. The zero-order valence-corrected chi connectivity index (χ0v) is 6.11. The van der Waals surface area contributed by atoms with Crippen LogP contribution in [-0.2, 0) is 9.59 Å². The molecule has 1 atom stereocenters. The molecular formula is C5H9N3O4. The SMILES string of the molecule is NC(=O)C[C@H](NC(=O)O)C(N)=O. The van der Waals surface area contributed by atoms with E-state index in [0.29, 0.717) is 0 Å². The van der Waals surface area contributed by atoms with Crippen LogP contribution >= 0.6 is 0 Å². The van der Waals surface area contributed by atoms with Crippen LogP contribution in [0.3, 0.4) is 0 Å². The number of carboxylic acid groups (broad SMARTS) is 1. The third kappa shape index (κ3) is 4.09. The summed E-state index contributed by atoms with van der Waals surface area (Å²) in [6.45, 7) is 0. The summed E-state index contributed by atoms with van der Waals surface area (Å²) in [7, 11) is 0. The zero-order chi connectivity index (χ0) is 9.72. The highest BCUT2D eigenvalue weighted by atomic mass is 16.4. The van der Waals surface area contributed by atoms with Gasteiger partial charge in [-0.2, -0.15) is 0 Å². The van der Waals surface area contributed by atoms with Crippen LogP contribution in [0.1, 0.15) is 6.42 Å². The molecule has 0 radical (unpaired) electrons. The van der Waals surface area contributed by atoms with Gasteiger partial charge in [0.2, 0.25) is 11.8 Å². The molecule has 0 saturated carbocycles. The van der Waals surface area contributed by atoms with Crippen molar-refractivity contribution < 1.29 is 19.5 Å². The van der Waals surface area contributed by atoms with Crippen LogP contribution in [0.15, 0.2) is 0 Å². The first-order valence-corrected chi connectivity index (χ1v) is 3.00. The van der Waals surface area contributed by atoms with Gasteiger partial charge in [-0.1, -0.05) is 0 Å². The Kier molecular flexibility index (Phi) is 3.54. The summed E-state index contributed by atoms with van der Waals surface area (Å²) < 4.78 is 0. The molecule has 0 aromatic heterocycles. The molecule has 12 heavy (non-hydrogen) atoms. The maximum atomic E-state index is 10.5. The molecule has 0 unspecified atom stereocenters. The fourth-order valence-electron chi connectivity index (χ4n) is 0.573. The van der Waals surface area contributed by atoms with Crippen molar-refractivity contribution in [2.24, 2.45) is 11.5 Å². The summed E-state index contributed by atoms with van der Waals surface area (Å²) in [4.78, 5) is 30.8. The van der Waals surface area contributed by atoms with Crippen LogP contribution in [0.4, 0.5) is 4.79 Å². The Morgan fingerprint density at radius 1 is 1.33 bits per heavy atom. The minimum absolute atomic E-state index is 0.429. The molecule has 0 aliphatic carbocycles. The predicted octanol–water partition coefficient (Wildman–Crippen LogP) is -2.02. The fourth-order valence-corrected chi connectivity index (χ4v) is 0.573. The topological polar surface area (TPSA) is 136 Å². The van der Waals surface area contributed by atoms with Crippen LogP contribution in [0.2, 0.25) is 0 Å². The molecule has 68 valence electrons. The number of nitrogens with one attached hydrogen (secondary N) is 1. The normalized spacial score (nSPS) is 11.7. The highest BCUT2D eigenvalue weighted by Gasteiger charge is 2.19. The van der Waals surface area contributed by atoms with E-state index in [1.54, 1.807) is 5.32 Å². The van der Waals surface area contributed by atoms with Crippen LogP contribution in [0.5, 0.6) is 0 Å². The number of rotatable bonds is 4. The van der Waals surface area contributed by atoms with Crippen molar-refractivity contribution in [2.45, 2.75) is 12.5 Å². The summed E-state index contributed by atoms with van der Waals surface area (Å²) in [6, 6.07) is -1.25. The third-order valence-electron chi connectivity index (χ3n) is 1.05. The molecule has 0 fully saturated rings. The molecule has 6 N–H and O–H groups in total. The van der Waals surface area contributed by atoms with Gasteiger partial charge in [0, 0.05) is 0 Å². The predicted molar refractivity (Wildman–Crippen MR) is 38.0 cm³/mol. The van der Waals surface area contributed by atoms with E-state index in [2.05, 4.69) is 0 Å². The highest BCUT2D eigenvalue weighted by molar-refractivity contribution is 5.89. The van der Waals surface area contributed by atoms with E-state index < -0.39 is 30.4 Å². The number of hydrogen-bond acceptors (Lipinski definition) is 3. The summed E-state index contributed by atoms with van der Waals surface area (Å²) in [5, 5.41) is 9.93. The quantitative estimate of drug-likeness (QED) is 0.392. The number of amides is 3. The van der Waals surface area contributed by atoms with Gasteiger partial charge in [-0.25, -0.2) is 4.79 Å². The van der Waals surface area contributed by atoms with E-state index in [9.17, 15) is 14.4 Å². The van der Waals surface area contributed by atoms with E-state index in [4.69, 9.17) is 16.6 Å². The van der Waals surface area contributed by atoms with Gasteiger partial charge in [0.15, 0.2) is 0 Å². The molecule has 0 rings (SSSR count). The Morgan fingerprint density at radius 2 is 1.83 bits per heavy atom. The van der Waals surface area contributed by atoms with Gasteiger partial charge in [0.1, 0.15) is 6.04 Å². The lowest BCUT2D eigenvalue weighted by Gasteiger charge is -2.09. The van der Waals surface area contributed by atoms with Crippen molar-refractivity contribution in [3.05, 3.63) is 0 Å². The van der Waals surface area contributed by atoms with E-state index in [1.165, 1.54) is 0 Å². The Morgan fingerprint density at radius 3 is 2.08 bits per heavy atom. The molecule has 3 amide bonds. The Labute approximate surface area is 67.7 Å². The van der Waals surface area contributed by atoms with E-state index in [-0.39, 0.29) is 0 Å². The zero-order valence-electron chi connectivity index (χ0n) is 6.11. The maximum Gasteiger partial charge on any atom is 0.405 e. The molecule has 0 aliphatic heterocycles. The highest BCUT2D eigenvalue weighted by Crippen LogP contribution is 1.89. The molecule has 7 heteroatoms. The average Bonchev–Trinajstić information content (AvgIpc) is 1.83. The minimum atomic E-state index is -1.43. The Hall–Kier alpha value is -1.79. The Bertz CT molecular complexity index is 199. The van der Waals surface area contributed by atoms with Crippen LogP contribution < -0.4 is 16.8 Å². The summed E-state index contributed by atoms with van der Waals surface area (Å²) >= 11 is 0. The molecule has 0 aliphatic rings. The lowest BCUT2D eigenvalue weighted by atomic mass is 10.2. The lowest BCUT2D eigenvalue weighted by molar-refractivity contribution is -0.124. The molecule has 7 nitrogen and oxygen atoms in total. The number of hydrogen-bond donors (Lipinski definition) is 4. The van der Waals surface area contributed by atoms with Gasteiger partial charge in [-0.15, -0.1) is 0 Å². The van der Waals surface area contributed by atoms with Crippen molar-refractivity contribution in [1.29, 1.82) is 0 Å². The standard InChI is InChI=1S/C5H9N3O4/c6-3(9)1-2(4(7)10)8-5(11)12/h2,8H,1H2,(H2,6,9)(H2,7,10)(H,11,12)/t2-/m0/s1. The first-order chi connectivity index (χ1) is 5.43. The number of primary amides is 2. The number of carbonyl (C=O) groups is 3. The monoisotopic (exact) mass is 175 g/mol. The molecule has 0 spiro atoms. The second-order valence-corrected chi connectivity index (χ2v) is 2.07. The Balaban J connectivity index is 4.14. The summed E-state index contributed by atoms with van der Waals surface area (Å²) in [5.41, 5.74) is 9.49. The second kappa shape index (κ2) is 4.16. The number of carbonyl (C=O) groups excluding carboxylic acids is 2. The molecule has 0 saturated heterocycles. The van der Waals surface area contributed by atoms with Gasteiger partial charge in [0.05, 0.1) is 6.42 Å². The van der Waals surface area contributed by atoms with Gasteiger partial charge in [-0.05, 0) is 0 Å². The van der Waals surface area contributed by atoms with Gasteiger partial charge in [0.25, 0.3) is 0 Å². The van der Waals surface area contributed by atoms with Crippen molar-refractivity contribution in [3.8, 4) is 0 Å². The van der Waals surface area contributed by atoms with E-state index in [0.717, 1.165) is 0 Å². The largest absolute Gasteiger partial charge is 0.465 e. The fraction of sp³-hybridized carbons (Fsp3) is 0.400. The summed E-state index contributed by atoms with van der Waals surface area (Å²) in [5.74, 6) is -1.73. The van der Waals surface area contributed by atoms with E-state index >= 15 is 0 Å². The minimum Gasteiger partial charge on any atom is -0.465 e. The number of nitrogens with two attached hydrogens (primary N) is 2. The molecule has 0 heterocycles. The molecular weight excluding hydrogens is 166 g/mol. The molecule has 0 bridgehead atoms. The smallest absolute Gasteiger partial charge is 0.405 e. The van der Waals surface area contributed by atoms with Gasteiger partial charge < -0.3 is 21.9 Å². The third-order valence-corrected chi connectivity index (χ3v) is 1.05. The summed E-state index contributed by atoms with van der Waals surface area (Å²) in [6.07, 6.45) is -1.86. The van der Waals surface area contributed by atoms with Gasteiger partial charge in [-0.3, -0.25) is 9.59 Å². The first-order valence-electron chi connectivity index (χ1n) is 3.00. The van der Waals surface area contributed by atoms with Crippen molar-refractivity contribution in [1.82, 2.24) is 5.32 Å². The van der Waals surface area contributed by atoms with Gasteiger partial charge >= 0.3 is 6.09 Å². The second-order valence-electron chi connectivity index (χ2n) is 2.07. The van der Waals surface area contributed by atoms with Crippen LogP contribution in [0.25, 0.3) is 0 Å². The molecule has 0 aromatic rings. The van der Waals surface area contributed by atoms with Crippen molar-refractivity contribution in [2.75, 3.05) is 0 Å². The van der Waals surface area contributed by atoms with E-state index in [1.807, 2.05) is 0 Å².